The molecule has 1 N–H and O–H groups in total. The van der Waals surface area contributed by atoms with Crippen LogP contribution >= 0.6 is 0 Å². The first kappa shape index (κ1) is 18.9. The van der Waals surface area contributed by atoms with Crippen molar-refractivity contribution < 1.29 is 9.18 Å². The summed E-state index contributed by atoms with van der Waals surface area (Å²) in [6, 6.07) is 6.33. The summed E-state index contributed by atoms with van der Waals surface area (Å²) in [5.41, 5.74) is 4.91. The molecule has 0 saturated carbocycles. The molecule has 4 heterocycles. The Hall–Kier alpha value is -4.06. The molecule has 154 valence electrons. The van der Waals surface area contributed by atoms with Crippen LogP contribution in [-0.4, -0.2) is 42.6 Å². The van der Waals surface area contributed by atoms with Crippen molar-refractivity contribution in [1.29, 1.82) is 5.26 Å². The summed E-state index contributed by atoms with van der Waals surface area (Å²) >= 11 is 0. The summed E-state index contributed by atoms with van der Waals surface area (Å²) in [5, 5.41) is 14.0. The van der Waals surface area contributed by atoms with E-state index in [9.17, 15) is 14.4 Å². The molecule has 0 aliphatic carbocycles. The van der Waals surface area contributed by atoms with Gasteiger partial charge in [0.1, 0.15) is 17.4 Å². The van der Waals surface area contributed by atoms with Crippen LogP contribution in [0.25, 0.3) is 22.4 Å². The van der Waals surface area contributed by atoms with Gasteiger partial charge in [-0.05, 0) is 23.8 Å². The lowest BCUT2D eigenvalue weighted by molar-refractivity contribution is 0.0781. The highest BCUT2D eigenvalue weighted by molar-refractivity contribution is 5.96. The number of nitriles is 1. The van der Waals surface area contributed by atoms with E-state index in [0.29, 0.717) is 39.2 Å². The topological polar surface area (TPSA) is 103 Å². The van der Waals surface area contributed by atoms with Gasteiger partial charge in [-0.25, -0.2) is 14.4 Å². The van der Waals surface area contributed by atoms with Gasteiger partial charge in [-0.3, -0.25) is 9.48 Å². The first-order valence-corrected chi connectivity index (χ1v) is 9.74. The van der Waals surface area contributed by atoms with Crippen molar-refractivity contribution in [2.75, 3.05) is 7.05 Å². The maximum Gasteiger partial charge on any atom is 0.254 e. The number of benzene rings is 1. The number of hydrogen-bond donors (Lipinski definition) is 1. The molecule has 0 fully saturated rings. The lowest BCUT2D eigenvalue weighted by Crippen LogP contribution is -2.29. The second-order valence-electron chi connectivity index (χ2n) is 7.72. The first-order valence-electron chi connectivity index (χ1n) is 9.74. The smallest absolute Gasteiger partial charge is 0.254 e. The molecule has 1 unspecified atom stereocenters. The maximum atomic E-state index is 14.2. The number of aromatic amines is 1. The predicted molar refractivity (Wildman–Crippen MR) is 111 cm³/mol. The molecule has 1 amide bonds. The van der Waals surface area contributed by atoms with Crippen LogP contribution in [-0.2, 0) is 13.6 Å². The largest absolute Gasteiger partial charge is 0.344 e. The molecule has 1 aliphatic rings. The molecule has 2 bridgehead atoms. The molecule has 3 aromatic heterocycles. The Balaban J connectivity index is 1.87. The van der Waals surface area contributed by atoms with Gasteiger partial charge < -0.3 is 9.88 Å². The number of carbonyl (C=O) groups excluding carboxylic acids is 1. The third-order valence-electron chi connectivity index (χ3n) is 5.85. The van der Waals surface area contributed by atoms with E-state index in [0.717, 1.165) is 5.56 Å². The van der Waals surface area contributed by atoms with Crippen LogP contribution in [0.2, 0.25) is 0 Å². The Labute approximate surface area is 177 Å². The number of fused-ring (bicyclic) bond motifs is 4. The minimum absolute atomic E-state index is 0.199. The van der Waals surface area contributed by atoms with E-state index >= 15 is 0 Å². The number of hydrogen-bond acceptors (Lipinski definition) is 5. The van der Waals surface area contributed by atoms with E-state index in [1.54, 1.807) is 31.2 Å². The summed E-state index contributed by atoms with van der Waals surface area (Å²) in [6.07, 6.45) is 3.37. The zero-order valence-corrected chi connectivity index (χ0v) is 17.1. The van der Waals surface area contributed by atoms with Crippen molar-refractivity contribution in [2.45, 2.75) is 19.4 Å². The van der Waals surface area contributed by atoms with E-state index in [-0.39, 0.29) is 24.1 Å². The van der Waals surface area contributed by atoms with Gasteiger partial charge in [0.2, 0.25) is 0 Å². The summed E-state index contributed by atoms with van der Waals surface area (Å²) in [7, 11) is 3.40. The van der Waals surface area contributed by atoms with Gasteiger partial charge >= 0.3 is 0 Å². The lowest BCUT2D eigenvalue weighted by atomic mass is 9.89. The van der Waals surface area contributed by atoms with Gasteiger partial charge in [-0.2, -0.15) is 10.4 Å². The highest BCUT2D eigenvalue weighted by atomic mass is 19.1. The highest BCUT2D eigenvalue weighted by Crippen LogP contribution is 2.35. The number of nitrogens with zero attached hydrogens (tertiary/aromatic N) is 6. The predicted octanol–water partition coefficient (Wildman–Crippen LogP) is 3.11. The Morgan fingerprint density at radius 3 is 2.87 bits per heavy atom. The monoisotopic (exact) mass is 415 g/mol. The fourth-order valence-corrected chi connectivity index (χ4v) is 4.20. The van der Waals surface area contributed by atoms with E-state index in [4.69, 9.17) is 4.98 Å². The fraction of sp³-hybridized carbons (Fsp3) is 0.227. The van der Waals surface area contributed by atoms with Crippen molar-refractivity contribution in [2.24, 2.45) is 7.05 Å². The van der Waals surface area contributed by atoms with Gasteiger partial charge in [0.25, 0.3) is 5.91 Å². The molecular formula is C22H18FN7O. The SMILES string of the molecule is CC1c2cc(F)ccc2C(=O)N(C)Cc2c(c(C#N)nn2C)-c2cnc3[nH]cc1c3n2. The van der Waals surface area contributed by atoms with Gasteiger partial charge in [-0.1, -0.05) is 6.92 Å². The number of carbonyl (C=O) groups is 1. The minimum atomic E-state index is -0.410. The van der Waals surface area contributed by atoms with Crippen molar-refractivity contribution in [1.82, 2.24) is 29.6 Å². The number of rotatable bonds is 0. The second-order valence-corrected chi connectivity index (χ2v) is 7.72. The van der Waals surface area contributed by atoms with Crippen LogP contribution in [0.5, 0.6) is 0 Å². The molecule has 31 heavy (non-hydrogen) atoms. The Kier molecular flexibility index (Phi) is 4.12. The number of nitrogens with one attached hydrogen (secondary N) is 1. The molecule has 0 spiro atoms. The fourth-order valence-electron chi connectivity index (χ4n) is 4.20. The van der Waals surface area contributed by atoms with E-state index in [1.165, 1.54) is 23.1 Å². The molecule has 1 aliphatic heterocycles. The van der Waals surface area contributed by atoms with Crippen molar-refractivity contribution in [3.8, 4) is 17.3 Å². The molecule has 0 radical (unpaired) electrons. The molecule has 8 nitrogen and oxygen atoms in total. The average molecular weight is 415 g/mol. The molecule has 9 heteroatoms. The third kappa shape index (κ3) is 2.79. The lowest BCUT2D eigenvalue weighted by Gasteiger charge is -2.22. The van der Waals surface area contributed by atoms with Gasteiger partial charge in [0.15, 0.2) is 11.3 Å². The molecule has 0 saturated heterocycles. The summed E-state index contributed by atoms with van der Waals surface area (Å²) in [6.45, 7) is 2.11. The number of aryl methyl sites for hydroxylation is 1. The van der Waals surface area contributed by atoms with Crippen LogP contribution in [0.15, 0.2) is 30.6 Å². The van der Waals surface area contributed by atoms with Crippen LogP contribution in [0.1, 0.15) is 45.7 Å². The van der Waals surface area contributed by atoms with Crippen molar-refractivity contribution in [3.63, 3.8) is 0 Å². The Morgan fingerprint density at radius 1 is 1.29 bits per heavy atom. The van der Waals surface area contributed by atoms with Gasteiger partial charge in [0.05, 0.1) is 29.7 Å². The minimum Gasteiger partial charge on any atom is -0.344 e. The third-order valence-corrected chi connectivity index (χ3v) is 5.85. The summed E-state index contributed by atoms with van der Waals surface area (Å²) in [4.78, 5) is 27.3. The number of halogens is 1. The zero-order chi connectivity index (χ0) is 21.9. The Bertz CT molecular complexity index is 1410. The maximum absolute atomic E-state index is 14.2. The quantitative estimate of drug-likeness (QED) is 0.475. The van der Waals surface area contributed by atoms with Crippen molar-refractivity contribution in [3.05, 3.63) is 64.5 Å². The van der Waals surface area contributed by atoms with Gasteiger partial charge in [-0.15, -0.1) is 0 Å². The molecule has 1 aromatic carbocycles. The summed E-state index contributed by atoms with van der Waals surface area (Å²) < 4.78 is 15.8. The van der Waals surface area contributed by atoms with Crippen LogP contribution in [0.3, 0.4) is 0 Å². The van der Waals surface area contributed by atoms with Gasteiger partial charge in [0, 0.05) is 37.3 Å². The van der Waals surface area contributed by atoms with Crippen LogP contribution in [0.4, 0.5) is 4.39 Å². The normalized spacial score (nSPS) is 15.9. The van der Waals surface area contributed by atoms with E-state index in [2.05, 4.69) is 21.1 Å². The van der Waals surface area contributed by atoms with E-state index < -0.39 is 5.82 Å². The molecule has 5 rings (SSSR count). The zero-order valence-electron chi connectivity index (χ0n) is 17.1. The highest BCUT2D eigenvalue weighted by Gasteiger charge is 2.28. The summed E-state index contributed by atoms with van der Waals surface area (Å²) in [5.74, 6) is -0.966. The molecular weight excluding hydrogens is 397 g/mol. The van der Waals surface area contributed by atoms with Crippen LogP contribution in [0, 0.1) is 17.1 Å². The number of amides is 1. The number of H-pyrrole nitrogens is 1. The number of aromatic nitrogens is 5. The van der Waals surface area contributed by atoms with Crippen molar-refractivity contribution >= 4 is 17.1 Å². The van der Waals surface area contributed by atoms with Crippen LogP contribution < -0.4 is 0 Å². The Morgan fingerprint density at radius 2 is 2.10 bits per heavy atom. The van der Waals surface area contributed by atoms with E-state index in [1.807, 2.05) is 6.92 Å². The first-order chi connectivity index (χ1) is 14.9. The second kappa shape index (κ2) is 6.74. The molecule has 1 atom stereocenters. The molecule has 4 aromatic rings. The standard InChI is InChI=1S/C22H18FN7O/c1-11-14-6-12(23)4-5-13(14)22(31)29(2)10-18-19(16(7-24)28-30(18)3)17-9-26-21-20(27-17)15(11)8-25-21/h4-6,8-9,11H,10H2,1-3H3,(H,25,26). The average Bonchev–Trinajstić information content (AvgIpc) is 3.32.